The third-order valence-corrected chi connectivity index (χ3v) is 14.1. The molecule has 0 saturated heterocycles. The topological polar surface area (TPSA) is 66.8 Å². The minimum atomic E-state index is -0.354. The van der Waals surface area contributed by atoms with Crippen LogP contribution in [0, 0.1) is 44.3 Å². The molecule has 4 saturated carbocycles. The number of hydrogen-bond acceptors (Lipinski definition) is 4. The van der Waals surface area contributed by atoms with E-state index in [0.717, 1.165) is 19.3 Å². The molecule has 43 heavy (non-hydrogen) atoms. The van der Waals surface area contributed by atoms with Crippen molar-refractivity contribution in [3.05, 3.63) is 53.1 Å². The Hall–Kier alpha value is -2.49. The summed E-state index contributed by atoms with van der Waals surface area (Å²) in [4.78, 5) is 13.0. The van der Waals surface area contributed by atoms with Crippen molar-refractivity contribution >= 4 is 12.0 Å². The van der Waals surface area contributed by atoms with E-state index in [1.165, 1.54) is 56.7 Å². The van der Waals surface area contributed by atoms with Crippen LogP contribution in [0.15, 0.2) is 47.6 Å². The van der Waals surface area contributed by atoms with E-state index in [4.69, 9.17) is 4.74 Å². The van der Waals surface area contributed by atoms with Gasteiger partial charge < -0.3 is 14.9 Å². The van der Waals surface area contributed by atoms with E-state index in [9.17, 15) is 15.0 Å². The standard InChI is InChI=1S/C39H54O4/c1-34(2)19-20-36(5)21-22-38(7)26(27(36)24-34)11-13-31-37(6)17-16-32(35(3,4)30(37)15-18-39(31,38)8)43-33(42)14-10-25-9-12-28(40)29(41)23-25/h9-14,23,27,30,32,40-41H,15-22,24H2,1-8H3. The highest BCUT2D eigenvalue weighted by Gasteiger charge is 2.66. The molecule has 0 heterocycles. The molecule has 0 bridgehead atoms. The molecule has 4 fully saturated rings. The molecule has 4 heteroatoms. The van der Waals surface area contributed by atoms with Gasteiger partial charge >= 0.3 is 5.97 Å². The number of aromatic hydroxyl groups is 2. The molecule has 0 aromatic heterocycles. The van der Waals surface area contributed by atoms with E-state index in [0.29, 0.717) is 28.2 Å². The number of esters is 1. The van der Waals surface area contributed by atoms with Crippen LogP contribution in [0.3, 0.4) is 0 Å². The number of fused-ring (bicyclic) bond motifs is 7. The van der Waals surface area contributed by atoms with E-state index in [2.05, 4.69) is 67.5 Å². The van der Waals surface area contributed by atoms with Crippen molar-refractivity contribution in [3.63, 3.8) is 0 Å². The summed E-state index contributed by atoms with van der Waals surface area (Å²) in [6.45, 7) is 19.9. The van der Waals surface area contributed by atoms with Crippen molar-refractivity contribution in [2.45, 2.75) is 119 Å². The lowest BCUT2D eigenvalue weighted by Crippen LogP contribution is -2.61. The quantitative estimate of drug-likeness (QED) is 0.210. The van der Waals surface area contributed by atoms with Crippen molar-refractivity contribution in [1.29, 1.82) is 0 Å². The highest BCUT2D eigenvalue weighted by molar-refractivity contribution is 5.87. The predicted molar refractivity (Wildman–Crippen MR) is 173 cm³/mol. The monoisotopic (exact) mass is 586 g/mol. The third-order valence-electron chi connectivity index (χ3n) is 14.1. The first-order chi connectivity index (χ1) is 20.0. The molecule has 5 aliphatic rings. The normalized spacial score (nSPS) is 41.2. The molecular formula is C39H54O4. The van der Waals surface area contributed by atoms with Crippen LogP contribution in [-0.4, -0.2) is 22.3 Å². The smallest absolute Gasteiger partial charge is 0.331 e. The van der Waals surface area contributed by atoms with Gasteiger partial charge in [0.15, 0.2) is 11.5 Å². The molecule has 234 valence electrons. The SMILES string of the molecule is CC1(C)CCC2(C)CCC3(C)C(=CC=C4C5(C)CCC(OC(=O)C=Cc6ccc(O)c(O)c6)C(C)(C)C5CCC43C)C2C1. The highest BCUT2D eigenvalue weighted by atomic mass is 16.5. The molecule has 0 aliphatic heterocycles. The Bertz CT molecular complexity index is 1410. The first kappa shape index (κ1) is 30.5. The van der Waals surface area contributed by atoms with Gasteiger partial charge in [-0.2, -0.15) is 0 Å². The van der Waals surface area contributed by atoms with Gasteiger partial charge in [0.05, 0.1) is 0 Å². The third kappa shape index (κ3) is 4.55. The molecule has 7 unspecified atom stereocenters. The highest BCUT2D eigenvalue weighted by Crippen LogP contribution is 2.74. The number of phenols is 2. The zero-order valence-electron chi connectivity index (χ0n) is 27.8. The number of allylic oxidation sites excluding steroid dienone is 4. The number of ether oxygens (including phenoxy) is 1. The Balaban J connectivity index is 1.26. The molecule has 0 radical (unpaired) electrons. The largest absolute Gasteiger partial charge is 0.504 e. The van der Waals surface area contributed by atoms with Crippen LogP contribution in [0.25, 0.3) is 6.08 Å². The van der Waals surface area contributed by atoms with Crippen LogP contribution in [0.1, 0.15) is 119 Å². The Morgan fingerprint density at radius 3 is 2.28 bits per heavy atom. The van der Waals surface area contributed by atoms with Gasteiger partial charge in [-0.1, -0.05) is 84.8 Å². The second-order valence-corrected chi connectivity index (χ2v) is 17.3. The minimum Gasteiger partial charge on any atom is -0.504 e. The lowest BCUT2D eigenvalue weighted by molar-refractivity contribution is -0.169. The van der Waals surface area contributed by atoms with Crippen molar-refractivity contribution in [2.24, 2.45) is 44.3 Å². The Morgan fingerprint density at radius 1 is 0.837 bits per heavy atom. The van der Waals surface area contributed by atoms with Crippen molar-refractivity contribution in [1.82, 2.24) is 0 Å². The fourth-order valence-electron chi connectivity index (χ4n) is 11.0. The molecule has 0 spiro atoms. The first-order valence-corrected chi connectivity index (χ1v) is 16.8. The van der Waals surface area contributed by atoms with Crippen LogP contribution in [0.5, 0.6) is 11.5 Å². The lowest BCUT2D eigenvalue weighted by atomic mass is 9.36. The van der Waals surface area contributed by atoms with Crippen LogP contribution in [0.2, 0.25) is 0 Å². The molecular weight excluding hydrogens is 532 g/mol. The van der Waals surface area contributed by atoms with Gasteiger partial charge in [0.25, 0.3) is 0 Å². The first-order valence-electron chi connectivity index (χ1n) is 16.8. The number of phenolic OH excluding ortho intramolecular Hbond substituents is 2. The maximum atomic E-state index is 13.0. The summed E-state index contributed by atoms with van der Waals surface area (Å²) in [6.07, 6.45) is 19.0. The van der Waals surface area contributed by atoms with Crippen LogP contribution < -0.4 is 0 Å². The van der Waals surface area contributed by atoms with Gasteiger partial charge in [0.2, 0.25) is 0 Å². The van der Waals surface area contributed by atoms with E-state index in [1.54, 1.807) is 23.3 Å². The second kappa shape index (κ2) is 9.75. The molecule has 1 aromatic rings. The Labute approximate surface area is 259 Å². The average Bonchev–Trinajstić information content (AvgIpc) is 2.92. The Kier molecular flexibility index (Phi) is 6.93. The zero-order valence-corrected chi connectivity index (χ0v) is 27.8. The van der Waals surface area contributed by atoms with Gasteiger partial charge in [0, 0.05) is 11.5 Å². The fourth-order valence-corrected chi connectivity index (χ4v) is 11.0. The van der Waals surface area contributed by atoms with E-state index in [1.807, 2.05) is 0 Å². The lowest BCUT2D eigenvalue weighted by Gasteiger charge is -2.68. The van der Waals surface area contributed by atoms with Gasteiger partial charge in [-0.3, -0.25) is 0 Å². The summed E-state index contributed by atoms with van der Waals surface area (Å²) in [5, 5.41) is 19.4. The maximum absolute atomic E-state index is 13.0. The number of hydrogen-bond donors (Lipinski definition) is 2. The minimum absolute atomic E-state index is 0.0798. The number of rotatable bonds is 3. The van der Waals surface area contributed by atoms with Gasteiger partial charge in [-0.25, -0.2) is 4.79 Å². The molecule has 2 N–H and O–H groups in total. The zero-order chi connectivity index (χ0) is 31.2. The summed E-state index contributed by atoms with van der Waals surface area (Å²) in [6, 6.07) is 4.52. The average molecular weight is 587 g/mol. The predicted octanol–water partition coefficient (Wildman–Crippen LogP) is 9.76. The molecule has 7 atom stereocenters. The van der Waals surface area contributed by atoms with Crippen LogP contribution in [0.4, 0.5) is 0 Å². The van der Waals surface area contributed by atoms with Crippen LogP contribution in [-0.2, 0) is 9.53 Å². The summed E-state index contributed by atoms with van der Waals surface area (Å²) >= 11 is 0. The number of carbonyl (C=O) groups is 1. The van der Waals surface area contributed by atoms with Crippen molar-refractivity contribution in [2.75, 3.05) is 0 Å². The molecule has 6 rings (SSSR count). The van der Waals surface area contributed by atoms with Crippen molar-refractivity contribution < 1.29 is 19.7 Å². The van der Waals surface area contributed by atoms with E-state index in [-0.39, 0.29) is 45.2 Å². The molecule has 1 aromatic carbocycles. The fraction of sp³-hybridized carbons (Fsp3) is 0.667. The van der Waals surface area contributed by atoms with Gasteiger partial charge in [0.1, 0.15) is 6.10 Å². The molecule has 5 aliphatic carbocycles. The summed E-state index contributed by atoms with van der Waals surface area (Å²) in [5.41, 5.74) is 5.18. The van der Waals surface area contributed by atoms with E-state index >= 15 is 0 Å². The van der Waals surface area contributed by atoms with E-state index < -0.39 is 0 Å². The van der Waals surface area contributed by atoms with Gasteiger partial charge in [-0.05, 0) is 120 Å². The number of benzene rings is 1. The second-order valence-electron chi connectivity index (χ2n) is 17.3. The summed E-state index contributed by atoms with van der Waals surface area (Å²) in [5.74, 6) is 0.381. The molecule has 4 nitrogen and oxygen atoms in total. The van der Waals surface area contributed by atoms with Gasteiger partial charge in [-0.15, -0.1) is 0 Å². The Morgan fingerprint density at radius 2 is 1.56 bits per heavy atom. The maximum Gasteiger partial charge on any atom is 0.331 e. The van der Waals surface area contributed by atoms with Crippen LogP contribution >= 0.6 is 0 Å². The molecule has 0 amide bonds. The summed E-state index contributed by atoms with van der Waals surface area (Å²) < 4.78 is 6.16. The summed E-state index contributed by atoms with van der Waals surface area (Å²) in [7, 11) is 0. The van der Waals surface area contributed by atoms with Crippen molar-refractivity contribution in [3.8, 4) is 11.5 Å². The number of carbonyl (C=O) groups excluding carboxylic acids is 1.